The van der Waals surface area contributed by atoms with Gasteiger partial charge in [-0.15, -0.1) is 0 Å². The highest BCUT2D eigenvalue weighted by atomic mass is 16.5. The van der Waals surface area contributed by atoms with Gasteiger partial charge in [0.2, 0.25) is 5.91 Å². The van der Waals surface area contributed by atoms with E-state index in [0.717, 1.165) is 11.3 Å². The second-order valence-corrected chi connectivity index (χ2v) is 4.50. The fourth-order valence-electron chi connectivity index (χ4n) is 1.65. The van der Waals surface area contributed by atoms with Crippen LogP contribution >= 0.6 is 0 Å². The SMILES string of the molecule is CCOc1ccccc1CN(C)CC(=O)N(C)C. The summed E-state index contributed by atoms with van der Waals surface area (Å²) in [7, 11) is 5.47. The van der Waals surface area contributed by atoms with E-state index < -0.39 is 0 Å². The van der Waals surface area contributed by atoms with Gasteiger partial charge in [0.15, 0.2) is 0 Å². The minimum atomic E-state index is 0.103. The molecule has 0 aromatic heterocycles. The lowest BCUT2D eigenvalue weighted by atomic mass is 10.2. The summed E-state index contributed by atoms with van der Waals surface area (Å²) in [5.41, 5.74) is 1.11. The molecular formula is C14H22N2O2. The maximum Gasteiger partial charge on any atom is 0.236 e. The average Bonchev–Trinajstić information content (AvgIpc) is 2.31. The van der Waals surface area contributed by atoms with Crippen LogP contribution in [-0.4, -0.2) is 50.0 Å². The minimum Gasteiger partial charge on any atom is -0.494 e. The van der Waals surface area contributed by atoms with Crippen LogP contribution in [0.2, 0.25) is 0 Å². The Balaban J connectivity index is 2.63. The Morgan fingerprint density at radius 1 is 1.22 bits per heavy atom. The normalized spacial score (nSPS) is 10.5. The topological polar surface area (TPSA) is 32.8 Å². The van der Waals surface area contributed by atoms with Crippen LogP contribution in [0.4, 0.5) is 0 Å². The van der Waals surface area contributed by atoms with E-state index >= 15 is 0 Å². The number of rotatable bonds is 6. The van der Waals surface area contributed by atoms with Gasteiger partial charge in [0.1, 0.15) is 5.75 Å². The Hall–Kier alpha value is -1.55. The van der Waals surface area contributed by atoms with E-state index in [9.17, 15) is 4.79 Å². The van der Waals surface area contributed by atoms with Crippen molar-refractivity contribution in [3.05, 3.63) is 29.8 Å². The van der Waals surface area contributed by atoms with Gasteiger partial charge in [0.25, 0.3) is 0 Å². The molecule has 0 unspecified atom stereocenters. The van der Waals surface area contributed by atoms with E-state index in [1.54, 1.807) is 19.0 Å². The fraction of sp³-hybridized carbons (Fsp3) is 0.500. The van der Waals surface area contributed by atoms with Crippen molar-refractivity contribution < 1.29 is 9.53 Å². The van der Waals surface area contributed by atoms with Crippen LogP contribution in [0.25, 0.3) is 0 Å². The molecule has 1 aromatic carbocycles. The van der Waals surface area contributed by atoms with E-state index in [1.807, 2.05) is 43.1 Å². The van der Waals surface area contributed by atoms with Crippen molar-refractivity contribution in [2.24, 2.45) is 0 Å². The molecule has 4 nitrogen and oxygen atoms in total. The maximum atomic E-state index is 11.6. The number of para-hydroxylation sites is 1. The first kappa shape index (κ1) is 14.5. The summed E-state index contributed by atoms with van der Waals surface area (Å²) in [6.45, 7) is 3.73. The second-order valence-electron chi connectivity index (χ2n) is 4.50. The lowest BCUT2D eigenvalue weighted by Gasteiger charge is -2.20. The summed E-state index contributed by atoms with van der Waals surface area (Å²) in [4.78, 5) is 15.2. The summed E-state index contributed by atoms with van der Waals surface area (Å²) in [6, 6.07) is 7.93. The van der Waals surface area contributed by atoms with Crippen LogP contribution < -0.4 is 4.74 Å². The first-order valence-electron chi connectivity index (χ1n) is 6.14. The Morgan fingerprint density at radius 3 is 2.50 bits per heavy atom. The fourth-order valence-corrected chi connectivity index (χ4v) is 1.65. The molecule has 0 atom stereocenters. The number of nitrogens with zero attached hydrogens (tertiary/aromatic N) is 2. The number of carbonyl (C=O) groups excluding carboxylic acids is 1. The van der Waals surface area contributed by atoms with Gasteiger partial charge in [-0.2, -0.15) is 0 Å². The number of carbonyl (C=O) groups is 1. The molecule has 1 rings (SSSR count). The van der Waals surface area contributed by atoms with Gasteiger partial charge >= 0.3 is 0 Å². The largest absolute Gasteiger partial charge is 0.494 e. The highest BCUT2D eigenvalue weighted by molar-refractivity contribution is 5.77. The molecule has 0 radical (unpaired) electrons. The van der Waals surface area contributed by atoms with Crippen LogP contribution in [0.5, 0.6) is 5.75 Å². The summed E-state index contributed by atoms with van der Waals surface area (Å²) < 4.78 is 5.57. The number of hydrogen-bond donors (Lipinski definition) is 0. The Labute approximate surface area is 109 Å². The highest BCUT2D eigenvalue weighted by Gasteiger charge is 2.10. The van der Waals surface area contributed by atoms with Crippen molar-refractivity contribution in [2.75, 3.05) is 34.3 Å². The molecule has 100 valence electrons. The van der Waals surface area contributed by atoms with Gasteiger partial charge in [0.05, 0.1) is 13.2 Å². The van der Waals surface area contributed by atoms with Gasteiger partial charge in [-0.25, -0.2) is 0 Å². The van der Waals surface area contributed by atoms with Crippen LogP contribution in [0.15, 0.2) is 24.3 Å². The van der Waals surface area contributed by atoms with E-state index in [1.165, 1.54) is 0 Å². The number of hydrogen-bond acceptors (Lipinski definition) is 3. The molecule has 18 heavy (non-hydrogen) atoms. The summed E-state index contributed by atoms with van der Waals surface area (Å²) >= 11 is 0. The Morgan fingerprint density at radius 2 is 1.89 bits per heavy atom. The highest BCUT2D eigenvalue weighted by Crippen LogP contribution is 2.19. The summed E-state index contributed by atoms with van der Waals surface area (Å²) in [6.07, 6.45) is 0. The minimum absolute atomic E-state index is 0.103. The lowest BCUT2D eigenvalue weighted by Crippen LogP contribution is -2.34. The zero-order valence-corrected chi connectivity index (χ0v) is 11.6. The molecule has 0 saturated heterocycles. The zero-order valence-electron chi connectivity index (χ0n) is 11.6. The van der Waals surface area contributed by atoms with Gasteiger partial charge in [-0.05, 0) is 20.0 Å². The van der Waals surface area contributed by atoms with Gasteiger partial charge in [-0.1, -0.05) is 18.2 Å². The molecule has 0 aliphatic heterocycles. The van der Waals surface area contributed by atoms with Crippen molar-refractivity contribution in [2.45, 2.75) is 13.5 Å². The lowest BCUT2D eigenvalue weighted by molar-refractivity contribution is -0.129. The molecule has 0 bridgehead atoms. The third-order valence-electron chi connectivity index (χ3n) is 2.62. The number of ether oxygens (including phenoxy) is 1. The van der Waals surface area contributed by atoms with Crippen LogP contribution in [0.3, 0.4) is 0 Å². The van der Waals surface area contributed by atoms with E-state index in [0.29, 0.717) is 19.7 Å². The maximum absolute atomic E-state index is 11.6. The average molecular weight is 250 g/mol. The standard InChI is InChI=1S/C14H22N2O2/c1-5-18-13-9-7-6-8-12(13)10-16(4)11-14(17)15(2)3/h6-9H,5,10-11H2,1-4H3. The predicted octanol–water partition coefficient (Wildman–Crippen LogP) is 1.61. The zero-order chi connectivity index (χ0) is 13.5. The molecule has 4 heteroatoms. The van der Waals surface area contributed by atoms with Crippen molar-refractivity contribution in [1.29, 1.82) is 0 Å². The van der Waals surface area contributed by atoms with Crippen molar-refractivity contribution in [3.63, 3.8) is 0 Å². The predicted molar refractivity (Wildman–Crippen MR) is 72.6 cm³/mol. The third-order valence-corrected chi connectivity index (χ3v) is 2.62. The molecule has 1 aromatic rings. The molecule has 0 fully saturated rings. The van der Waals surface area contributed by atoms with Crippen molar-refractivity contribution in [3.8, 4) is 5.75 Å². The summed E-state index contributed by atoms with van der Waals surface area (Å²) in [5, 5.41) is 0. The number of likely N-dealkylation sites (N-methyl/N-ethyl adjacent to an activating group) is 2. The smallest absolute Gasteiger partial charge is 0.236 e. The number of amides is 1. The molecular weight excluding hydrogens is 228 g/mol. The number of benzene rings is 1. The molecule has 1 amide bonds. The second kappa shape index (κ2) is 7.01. The molecule has 0 N–H and O–H groups in total. The molecule has 0 heterocycles. The van der Waals surface area contributed by atoms with Crippen LogP contribution in [-0.2, 0) is 11.3 Å². The van der Waals surface area contributed by atoms with Crippen molar-refractivity contribution in [1.82, 2.24) is 9.80 Å². The van der Waals surface area contributed by atoms with Gasteiger partial charge in [-0.3, -0.25) is 9.69 Å². The van der Waals surface area contributed by atoms with E-state index in [-0.39, 0.29) is 5.91 Å². The van der Waals surface area contributed by atoms with Gasteiger partial charge in [0, 0.05) is 26.2 Å². The molecule has 0 aliphatic rings. The van der Waals surface area contributed by atoms with Crippen molar-refractivity contribution >= 4 is 5.91 Å². The Kier molecular flexibility index (Phi) is 5.65. The van der Waals surface area contributed by atoms with E-state index in [2.05, 4.69) is 0 Å². The third kappa shape index (κ3) is 4.37. The monoisotopic (exact) mass is 250 g/mol. The quantitative estimate of drug-likeness (QED) is 0.769. The molecule has 0 spiro atoms. The molecule has 0 saturated carbocycles. The van der Waals surface area contributed by atoms with Gasteiger partial charge < -0.3 is 9.64 Å². The Bertz CT molecular complexity index is 391. The first-order valence-corrected chi connectivity index (χ1v) is 6.14. The molecule has 0 aliphatic carbocycles. The van der Waals surface area contributed by atoms with Crippen LogP contribution in [0, 0.1) is 0 Å². The van der Waals surface area contributed by atoms with Crippen LogP contribution in [0.1, 0.15) is 12.5 Å². The first-order chi connectivity index (χ1) is 8.54. The summed E-state index contributed by atoms with van der Waals surface area (Å²) in [5.74, 6) is 0.996. The van der Waals surface area contributed by atoms with E-state index in [4.69, 9.17) is 4.74 Å².